The highest BCUT2D eigenvalue weighted by atomic mass is 31.2. The van der Waals surface area contributed by atoms with Crippen LogP contribution < -0.4 is 11.2 Å². The number of esters is 1. The molecule has 3 rings (SSSR count). The fourth-order valence-electron chi connectivity index (χ4n) is 3.72. The van der Waals surface area contributed by atoms with Crippen molar-refractivity contribution in [2.45, 2.75) is 65.1 Å². The second-order valence-corrected chi connectivity index (χ2v) is 10.3. The predicted molar refractivity (Wildman–Crippen MR) is 116 cm³/mol. The molecule has 0 amide bonds. The summed E-state index contributed by atoms with van der Waals surface area (Å²) in [7, 11) is -3.98. The van der Waals surface area contributed by atoms with Crippen molar-refractivity contribution in [3.63, 3.8) is 0 Å². The van der Waals surface area contributed by atoms with Crippen LogP contribution in [0.5, 0.6) is 0 Å². The van der Waals surface area contributed by atoms with Crippen LogP contribution >= 0.6 is 7.82 Å². The van der Waals surface area contributed by atoms with Gasteiger partial charge in [0.15, 0.2) is 6.23 Å². The Morgan fingerprint density at radius 2 is 2.15 bits per heavy atom. The zero-order valence-corrected chi connectivity index (χ0v) is 19.9. The Labute approximate surface area is 191 Å². The van der Waals surface area contributed by atoms with Crippen molar-refractivity contribution in [3.8, 4) is 12.3 Å². The molecule has 1 aromatic heterocycles. The Hall–Kier alpha value is -2.22. The zero-order valence-electron chi connectivity index (χ0n) is 19.0. The molecule has 2 aliphatic heterocycles. The lowest BCUT2D eigenvalue weighted by Crippen LogP contribution is -2.43. The van der Waals surface area contributed by atoms with Crippen molar-refractivity contribution in [1.82, 2.24) is 9.55 Å². The van der Waals surface area contributed by atoms with E-state index in [2.05, 4.69) is 10.9 Å². The number of fused-ring (bicyclic) bond motifs is 1. The lowest BCUT2D eigenvalue weighted by Gasteiger charge is -2.35. The van der Waals surface area contributed by atoms with Crippen LogP contribution in [0.3, 0.4) is 0 Å². The van der Waals surface area contributed by atoms with E-state index in [0.717, 1.165) is 4.57 Å². The summed E-state index contributed by atoms with van der Waals surface area (Å²) >= 11 is 0. The number of nitrogens with one attached hydrogen (secondary N) is 1. The van der Waals surface area contributed by atoms with Crippen molar-refractivity contribution in [2.75, 3.05) is 13.2 Å². The van der Waals surface area contributed by atoms with Crippen molar-refractivity contribution in [1.29, 1.82) is 0 Å². The Morgan fingerprint density at radius 1 is 1.42 bits per heavy atom. The lowest BCUT2D eigenvalue weighted by molar-refractivity contribution is -0.147. The first-order valence-electron chi connectivity index (χ1n) is 10.7. The minimum Gasteiger partial charge on any atom is -0.463 e. The predicted octanol–water partition coefficient (Wildman–Crippen LogP) is 1.98. The summed E-state index contributed by atoms with van der Waals surface area (Å²) < 4.78 is 41.9. The number of hydrogen-bond donors (Lipinski definition) is 1. The first-order valence-corrected chi connectivity index (χ1v) is 12.1. The average molecular weight is 484 g/mol. The van der Waals surface area contributed by atoms with E-state index in [1.54, 1.807) is 20.8 Å². The number of phosphoric ester groups is 1. The molecule has 0 radical (unpaired) electrons. The topological polar surface area (TPSA) is 135 Å². The minimum atomic E-state index is -3.98. The molecule has 1 aromatic rings. The second kappa shape index (κ2) is 9.95. The third-order valence-corrected chi connectivity index (χ3v) is 6.94. The molecule has 182 valence electrons. The van der Waals surface area contributed by atoms with E-state index >= 15 is 0 Å². The Morgan fingerprint density at radius 3 is 2.79 bits per heavy atom. The highest BCUT2D eigenvalue weighted by Gasteiger charge is 2.60. The molecule has 12 heteroatoms. The van der Waals surface area contributed by atoms with Crippen LogP contribution in [0.4, 0.5) is 0 Å². The van der Waals surface area contributed by atoms with Crippen LogP contribution in [-0.4, -0.2) is 47.0 Å². The number of terminal acetylenes is 1. The molecule has 0 bridgehead atoms. The van der Waals surface area contributed by atoms with Gasteiger partial charge in [0.05, 0.1) is 19.3 Å². The number of aromatic nitrogens is 2. The van der Waals surface area contributed by atoms with Gasteiger partial charge in [-0.1, -0.05) is 12.8 Å². The summed E-state index contributed by atoms with van der Waals surface area (Å²) in [4.78, 5) is 37.6. The zero-order chi connectivity index (χ0) is 24.4. The number of rotatable bonds is 8. The quantitative estimate of drug-likeness (QED) is 0.334. The van der Waals surface area contributed by atoms with Crippen LogP contribution in [0.15, 0.2) is 21.9 Å². The lowest BCUT2D eigenvalue weighted by atomic mass is 9.83. The van der Waals surface area contributed by atoms with Gasteiger partial charge in [-0.15, -0.1) is 6.42 Å². The van der Waals surface area contributed by atoms with Crippen molar-refractivity contribution < 1.29 is 32.4 Å². The molecule has 1 unspecified atom stereocenters. The van der Waals surface area contributed by atoms with Gasteiger partial charge in [-0.25, -0.2) is 9.36 Å². The van der Waals surface area contributed by atoms with Gasteiger partial charge in [0.2, 0.25) is 0 Å². The van der Waals surface area contributed by atoms with E-state index in [0.29, 0.717) is 6.42 Å². The van der Waals surface area contributed by atoms with Gasteiger partial charge < -0.3 is 9.47 Å². The molecule has 6 atom stereocenters. The summed E-state index contributed by atoms with van der Waals surface area (Å²) in [5.74, 6) is 2.16. The SMILES string of the molecule is C#C[C@]1(C)[C@@H]2O[P@](=O)(OCC(C)CCC(=O)OC(C)C)OC[C@H]2O[C@H]1n1ccc(=O)[nH]c1=O. The van der Waals surface area contributed by atoms with Crippen LogP contribution in [-0.2, 0) is 32.4 Å². The molecule has 1 N–H and O–H groups in total. The van der Waals surface area contributed by atoms with Gasteiger partial charge in [0, 0.05) is 18.7 Å². The largest absolute Gasteiger partial charge is 0.475 e. The van der Waals surface area contributed by atoms with Crippen LogP contribution in [0.25, 0.3) is 0 Å². The molecule has 0 aromatic carbocycles. The molecule has 0 spiro atoms. The molecule has 0 aliphatic carbocycles. The number of aromatic amines is 1. The van der Waals surface area contributed by atoms with Crippen molar-refractivity contribution in [2.24, 2.45) is 11.3 Å². The number of ether oxygens (including phenoxy) is 2. The van der Waals surface area contributed by atoms with Crippen LogP contribution in [0.2, 0.25) is 0 Å². The van der Waals surface area contributed by atoms with Gasteiger partial charge in [-0.2, -0.15) is 0 Å². The van der Waals surface area contributed by atoms with E-state index in [1.165, 1.54) is 12.3 Å². The maximum Gasteiger partial charge on any atom is 0.475 e. The number of H-pyrrole nitrogens is 1. The highest BCUT2D eigenvalue weighted by molar-refractivity contribution is 7.48. The van der Waals surface area contributed by atoms with Gasteiger partial charge in [0.1, 0.15) is 17.6 Å². The summed E-state index contributed by atoms with van der Waals surface area (Å²) in [6.07, 6.45) is 4.98. The Kier molecular flexibility index (Phi) is 7.66. The van der Waals surface area contributed by atoms with E-state index < -0.39 is 42.9 Å². The van der Waals surface area contributed by atoms with E-state index in [9.17, 15) is 18.9 Å². The molecule has 2 aliphatic rings. The molecule has 3 heterocycles. The summed E-state index contributed by atoms with van der Waals surface area (Å²) in [5, 5.41) is 0. The molecular weight excluding hydrogens is 455 g/mol. The fraction of sp³-hybridized carbons (Fsp3) is 0.667. The molecular formula is C21H29N2O9P. The Balaban J connectivity index is 1.66. The van der Waals surface area contributed by atoms with Gasteiger partial charge in [-0.05, 0) is 33.1 Å². The van der Waals surface area contributed by atoms with Crippen LogP contribution in [0.1, 0.15) is 46.8 Å². The van der Waals surface area contributed by atoms with E-state index in [1.807, 2.05) is 6.92 Å². The Bertz CT molecular complexity index is 1070. The summed E-state index contributed by atoms with van der Waals surface area (Å²) in [6.45, 7) is 6.93. The normalized spacial score (nSPS) is 32.2. The molecule has 2 fully saturated rings. The van der Waals surface area contributed by atoms with Gasteiger partial charge >= 0.3 is 19.5 Å². The number of phosphoric acid groups is 1. The number of carbonyl (C=O) groups excluding carboxylic acids is 1. The molecule has 11 nitrogen and oxygen atoms in total. The third kappa shape index (κ3) is 5.65. The third-order valence-electron chi connectivity index (χ3n) is 5.53. The van der Waals surface area contributed by atoms with E-state index in [-0.39, 0.29) is 37.6 Å². The standard InChI is InChI=1S/C21H29N2O9P/c1-6-21(5)18-15(31-19(21)23-10-9-16(24)22-20(23)26)12-29-33(27,32-18)28-11-14(4)7-8-17(25)30-13(2)3/h1,9-10,13-15,18-19H,7-8,11-12H2,2-5H3,(H,22,24,26)/t14?,15-,18-,19-,21-,33-/m1/s1. The minimum absolute atomic E-state index is 0.0278. The highest BCUT2D eigenvalue weighted by Crippen LogP contribution is 2.60. The smallest absolute Gasteiger partial charge is 0.463 e. The van der Waals surface area contributed by atoms with Crippen molar-refractivity contribution in [3.05, 3.63) is 33.1 Å². The van der Waals surface area contributed by atoms with Crippen LogP contribution in [0, 0.1) is 23.7 Å². The maximum atomic E-state index is 13.1. The monoisotopic (exact) mass is 484 g/mol. The van der Waals surface area contributed by atoms with Gasteiger partial charge in [0.25, 0.3) is 5.56 Å². The number of hydrogen-bond acceptors (Lipinski definition) is 9. The molecule has 33 heavy (non-hydrogen) atoms. The first kappa shape index (κ1) is 25.4. The number of carbonyl (C=O) groups is 1. The maximum absolute atomic E-state index is 13.1. The van der Waals surface area contributed by atoms with Crippen molar-refractivity contribution >= 4 is 13.8 Å². The number of nitrogens with zero attached hydrogens (tertiary/aromatic N) is 1. The average Bonchev–Trinajstić information content (AvgIpc) is 3.02. The molecule has 0 saturated carbocycles. The fourth-order valence-corrected chi connectivity index (χ4v) is 5.31. The van der Waals surface area contributed by atoms with E-state index in [4.69, 9.17) is 29.5 Å². The molecule has 2 saturated heterocycles. The van der Waals surface area contributed by atoms with Gasteiger partial charge in [-0.3, -0.25) is 32.7 Å². The summed E-state index contributed by atoms with van der Waals surface area (Å²) in [6, 6.07) is 1.17. The first-order chi connectivity index (χ1) is 15.5. The summed E-state index contributed by atoms with van der Waals surface area (Å²) in [5.41, 5.74) is -2.46. The second-order valence-electron chi connectivity index (χ2n) is 8.72.